The highest BCUT2D eigenvalue weighted by Gasteiger charge is 2.63. The lowest BCUT2D eigenvalue weighted by molar-refractivity contribution is -0.291. The Bertz CT molecular complexity index is 797. The minimum Gasteiger partial charge on any atom is -0.466 e. The van der Waals surface area contributed by atoms with Gasteiger partial charge in [0.25, 0.3) is 5.56 Å². The van der Waals surface area contributed by atoms with Crippen LogP contribution in [0, 0.1) is 0 Å². The molecule has 7 nitrogen and oxygen atoms in total. The zero-order valence-electron chi connectivity index (χ0n) is 16.6. The number of nitrogens with one attached hydrogen (secondary N) is 1. The number of ether oxygens (including phenoxy) is 1. The van der Waals surface area contributed by atoms with Crippen molar-refractivity contribution >= 4 is 11.8 Å². The fourth-order valence-electron chi connectivity index (χ4n) is 1.41. The molecule has 1 heterocycles. The highest BCUT2D eigenvalue weighted by Crippen LogP contribution is 2.42. The summed E-state index contributed by atoms with van der Waals surface area (Å²) in [6.45, 7) is 3.77. The van der Waals surface area contributed by atoms with E-state index in [2.05, 4.69) is 4.74 Å². The third kappa shape index (κ3) is 8.88. The molecule has 0 aliphatic rings. The number of carbonyl (C=O) groups is 2. The highest BCUT2D eigenvalue weighted by molar-refractivity contribution is 5.99. The first-order chi connectivity index (χ1) is 14.2. The average molecular weight is 495 g/mol. The van der Waals surface area contributed by atoms with Crippen LogP contribution in [0.4, 0.5) is 43.9 Å². The van der Waals surface area contributed by atoms with Crippen LogP contribution in [0.5, 0.6) is 0 Å². The standard InChI is InChI=1S/C7H7F5O3.C6H5F5N2O.C2H7N/c1-2-15-5(14)3-4(13)6(8,9)7(10,11)12;1-13-4(14)2-3(12-13)5(7,8)6(9,10)11;1-2-3/h2-3H2,1H3;2,12H,1H3;2-3H2,1H3. The number of ketones is 1. The first kappa shape index (κ1) is 31.6. The van der Waals surface area contributed by atoms with Crippen LogP contribution in [0.1, 0.15) is 26.0 Å². The minimum absolute atomic E-state index is 0.205. The molecule has 0 amide bonds. The van der Waals surface area contributed by atoms with E-state index in [0.29, 0.717) is 4.68 Å². The number of nitrogens with two attached hydrogens (primary N) is 1. The van der Waals surface area contributed by atoms with Gasteiger partial charge in [0, 0.05) is 13.1 Å². The fourth-order valence-corrected chi connectivity index (χ4v) is 1.41. The van der Waals surface area contributed by atoms with Gasteiger partial charge in [-0.15, -0.1) is 0 Å². The Morgan fingerprint density at radius 1 is 1.00 bits per heavy atom. The van der Waals surface area contributed by atoms with E-state index in [-0.39, 0.29) is 12.7 Å². The maximum atomic E-state index is 12.5. The molecule has 0 spiro atoms. The number of alkyl halides is 10. The van der Waals surface area contributed by atoms with Gasteiger partial charge in [-0.25, -0.2) is 0 Å². The molecule has 188 valence electrons. The Morgan fingerprint density at radius 2 is 1.44 bits per heavy atom. The zero-order chi connectivity index (χ0) is 26.1. The number of aromatic amines is 1. The monoisotopic (exact) mass is 495 g/mol. The molecule has 0 saturated heterocycles. The predicted molar refractivity (Wildman–Crippen MR) is 88.0 cm³/mol. The average Bonchev–Trinajstić information content (AvgIpc) is 2.94. The van der Waals surface area contributed by atoms with Crippen molar-refractivity contribution in [2.24, 2.45) is 12.8 Å². The largest absolute Gasteiger partial charge is 0.466 e. The number of nitrogens with zero attached hydrogens (tertiary/aromatic N) is 1. The van der Waals surface area contributed by atoms with Crippen molar-refractivity contribution in [1.82, 2.24) is 9.78 Å². The predicted octanol–water partition coefficient (Wildman–Crippen LogP) is 3.04. The summed E-state index contributed by atoms with van der Waals surface area (Å²) in [6.07, 6.45) is -13.3. The van der Waals surface area contributed by atoms with E-state index in [4.69, 9.17) is 5.73 Å². The number of rotatable bonds is 5. The van der Waals surface area contributed by atoms with Gasteiger partial charge in [0.05, 0.1) is 6.61 Å². The van der Waals surface area contributed by atoms with E-state index in [9.17, 15) is 58.3 Å². The molecule has 0 unspecified atom stereocenters. The molecule has 17 heteroatoms. The number of halogens is 10. The molecule has 0 aliphatic heterocycles. The maximum Gasteiger partial charge on any atom is 0.461 e. The molecule has 0 saturated carbocycles. The molecule has 0 aliphatic carbocycles. The van der Waals surface area contributed by atoms with Gasteiger partial charge in [0.15, 0.2) is 0 Å². The Balaban J connectivity index is 0. The molecule has 1 rings (SSSR count). The summed E-state index contributed by atoms with van der Waals surface area (Å²) in [5.74, 6) is -14.5. The van der Waals surface area contributed by atoms with Crippen LogP contribution in [-0.4, -0.2) is 53.0 Å². The Morgan fingerprint density at radius 3 is 1.72 bits per heavy atom. The summed E-state index contributed by atoms with van der Waals surface area (Å²) >= 11 is 0. The van der Waals surface area contributed by atoms with Crippen molar-refractivity contribution in [3.05, 3.63) is 22.1 Å². The van der Waals surface area contributed by atoms with Gasteiger partial charge in [0.1, 0.15) is 12.1 Å². The van der Waals surface area contributed by atoms with E-state index in [1.165, 1.54) is 6.92 Å². The molecule has 1 aromatic heterocycles. The van der Waals surface area contributed by atoms with E-state index in [1.54, 1.807) is 5.10 Å². The van der Waals surface area contributed by atoms with Crippen LogP contribution in [0.3, 0.4) is 0 Å². The lowest BCUT2D eigenvalue weighted by Gasteiger charge is -2.17. The number of esters is 1. The zero-order valence-corrected chi connectivity index (χ0v) is 16.6. The Labute approximate surface area is 173 Å². The molecular formula is C15H19F10N3O4. The number of aryl methyl sites for hydroxylation is 1. The van der Waals surface area contributed by atoms with Crippen molar-refractivity contribution in [1.29, 1.82) is 0 Å². The minimum atomic E-state index is -5.99. The fraction of sp³-hybridized carbons (Fsp3) is 0.667. The first-order valence-electron chi connectivity index (χ1n) is 8.25. The lowest BCUT2D eigenvalue weighted by Crippen LogP contribution is -2.44. The van der Waals surface area contributed by atoms with Gasteiger partial charge in [-0.1, -0.05) is 6.92 Å². The highest BCUT2D eigenvalue weighted by atomic mass is 19.4. The molecule has 1 aromatic rings. The van der Waals surface area contributed by atoms with Crippen molar-refractivity contribution < 1.29 is 58.2 Å². The van der Waals surface area contributed by atoms with Crippen LogP contribution < -0.4 is 11.3 Å². The van der Waals surface area contributed by atoms with Gasteiger partial charge in [-0.2, -0.15) is 43.9 Å². The quantitative estimate of drug-likeness (QED) is 0.371. The molecule has 0 atom stereocenters. The van der Waals surface area contributed by atoms with Crippen molar-refractivity contribution in [2.75, 3.05) is 13.2 Å². The number of hydrogen-bond acceptors (Lipinski definition) is 5. The van der Waals surface area contributed by atoms with E-state index >= 15 is 0 Å². The molecule has 3 N–H and O–H groups in total. The van der Waals surface area contributed by atoms with Crippen molar-refractivity contribution in [3.8, 4) is 0 Å². The number of Topliss-reactive ketones (excluding diaryl/α,β-unsaturated/α-hetero) is 1. The summed E-state index contributed by atoms with van der Waals surface area (Å²) in [5.41, 5.74) is 2.43. The maximum absolute atomic E-state index is 12.5. The Hall–Kier alpha value is -2.59. The number of carbonyl (C=O) groups excluding carboxylic acids is 2. The first-order valence-corrected chi connectivity index (χ1v) is 8.25. The SMILES string of the molecule is CCN.CCOC(=O)CC(=O)C(F)(F)C(F)(F)F.Cn1[nH]c(C(F)(F)C(F)(F)F)cc1=O. The van der Waals surface area contributed by atoms with Gasteiger partial charge in [-0.05, 0) is 13.5 Å². The third-order valence-electron chi connectivity index (χ3n) is 2.90. The third-order valence-corrected chi connectivity index (χ3v) is 2.90. The van der Waals surface area contributed by atoms with Crippen molar-refractivity contribution in [2.45, 2.75) is 44.5 Å². The van der Waals surface area contributed by atoms with Gasteiger partial charge in [0.2, 0.25) is 5.78 Å². The van der Waals surface area contributed by atoms with Crippen molar-refractivity contribution in [3.63, 3.8) is 0 Å². The molecule has 32 heavy (non-hydrogen) atoms. The molecule has 0 bridgehead atoms. The smallest absolute Gasteiger partial charge is 0.461 e. The van der Waals surface area contributed by atoms with E-state index in [0.717, 1.165) is 13.6 Å². The van der Waals surface area contributed by atoms with E-state index in [1.807, 2.05) is 6.92 Å². The molecular weight excluding hydrogens is 476 g/mol. The van der Waals surface area contributed by atoms with Crippen LogP contribution in [0.25, 0.3) is 0 Å². The van der Waals surface area contributed by atoms with Crippen LogP contribution in [0.15, 0.2) is 10.9 Å². The van der Waals surface area contributed by atoms with Crippen LogP contribution in [0.2, 0.25) is 0 Å². The summed E-state index contributed by atoms with van der Waals surface area (Å²) in [7, 11) is 1.04. The van der Waals surface area contributed by atoms with E-state index < -0.39 is 53.6 Å². The lowest BCUT2D eigenvalue weighted by atomic mass is 10.1. The second-order valence-electron chi connectivity index (χ2n) is 5.52. The van der Waals surface area contributed by atoms with Crippen LogP contribution in [-0.2, 0) is 27.3 Å². The van der Waals surface area contributed by atoms with Gasteiger partial charge < -0.3 is 10.5 Å². The summed E-state index contributed by atoms with van der Waals surface area (Å²) in [5, 5.41) is 1.63. The Kier molecular flexibility index (Phi) is 11.7. The normalized spacial score (nSPS) is 12.2. The summed E-state index contributed by atoms with van der Waals surface area (Å²) in [4.78, 5) is 31.6. The molecule has 0 radical (unpaired) electrons. The number of hydrogen-bond donors (Lipinski definition) is 2. The molecule has 0 fully saturated rings. The summed E-state index contributed by atoms with van der Waals surface area (Å²) in [6, 6.07) is 0.216. The van der Waals surface area contributed by atoms with Crippen LogP contribution >= 0.6 is 0 Å². The van der Waals surface area contributed by atoms with Gasteiger partial charge in [-0.3, -0.25) is 24.2 Å². The topological polar surface area (TPSA) is 107 Å². The second-order valence-corrected chi connectivity index (χ2v) is 5.52. The summed E-state index contributed by atoms with van der Waals surface area (Å²) < 4.78 is 124. The number of H-pyrrole nitrogens is 1. The second kappa shape index (κ2) is 11.9. The molecule has 0 aromatic carbocycles. The number of aromatic nitrogens is 2. The van der Waals surface area contributed by atoms with Gasteiger partial charge >= 0.3 is 30.2 Å².